The summed E-state index contributed by atoms with van der Waals surface area (Å²) in [4.78, 5) is 4.46. The smallest absolute Gasteiger partial charge is 0.0920 e. The van der Waals surface area contributed by atoms with Crippen molar-refractivity contribution in [2.24, 2.45) is 0 Å². The molecule has 0 amide bonds. The van der Waals surface area contributed by atoms with Crippen LogP contribution in [0.2, 0.25) is 10.0 Å². The van der Waals surface area contributed by atoms with Gasteiger partial charge < -0.3 is 20.0 Å². The Morgan fingerprint density at radius 2 is 1.54 bits per heavy atom. The number of halogens is 2. The summed E-state index contributed by atoms with van der Waals surface area (Å²) >= 11 is 12.5. The second-order valence-corrected chi connectivity index (χ2v) is 10.4. The Kier molecular flexibility index (Phi) is 8.74. The molecule has 0 aromatic heterocycles. The molecule has 0 bridgehead atoms. The van der Waals surface area contributed by atoms with Gasteiger partial charge in [-0.2, -0.15) is 0 Å². The molecule has 186 valence electrons. The van der Waals surface area contributed by atoms with Crippen molar-refractivity contribution in [1.29, 1.82) is 0 Å². The molecule has 6 heteroatoms. The molecule has 2 N–H and O–H groups in total. The van der Waals surface area contributed by atoms with E-state index in [0.717, 1.165) is 42.9 Å². The van der Waals surface area contributed by atoms with E-state index in [1.54, 1.807) is 6.07 Å². The molecular formula is C29H34Cl2N2O2. The van der Waals surface area contributed by atoms with E-state index >= 15 is 0 Å². The van der Waals surface area contributed by atoms with Crippen molar-refractivity contribution in [3.05, 3.63) is 100 Å². The highest BCUT2D eigenvalue weighted by molar-refractivity contribution is 6.42. The third-order valence-corrected chi connectivity index (χ3v) is 7.98. The Balaban J connectivity index is 1.42. The third kappa shape index (κ3) is 6.58. The van der Waals surface area contributed by atoms with Crippen LogP contribution in [0.5, 0.6) is 0 Å². The van der Waals surface area contributed by atoms with E-state index in [2.05, 4.69) is 9.80 Å². The lowest BCUT2D eigenvalue weighted by atomic mass is 9.84. The standard InChI is InChI=1S/C29H34Cl2N2O2/c1-32(24-10-6-3-7-11-24)21-28(34)25(22-12-13-26(30)27(31)20-22)14-17-33-18-15-29(35,16-19-33)23-8-4-2-5-9-23/h2-13,20,25,28,34-35H,14-19,21H2,1H3. The van der Waals surface area contributed by atoms with Crippen molar-refractivity contribution < 1.29 is 10.2 Å². The first-order valence-electron chi connectivity index (χ1n) is 12.3. The van der Waals surface area contributed by atoms with Crippen LogP contribution in [0.4, 0.5) is 5.69 Å². The minimum Gasteiger partial charge on any atom is -0.391 e. The quantitative estimate of drug-likeness (QED) is 0.372. The van der Waals surface area contributed by atoms with Crippen LogP contribution in [0.1, 0.15) is 36.3 Å². The van der Waals surface area contributed by atoms with E-state index in [4.69, 9.17) is 23.2 Å². The number of nitrogens with zero attached hydrogens (tertiary/aromatic N) is 2. The highest BCUT2D eigenvalue weighted by Gasteiger charge is 2.34. The SMILES string of the molecule is CN(CC(O)C(CCN1CCC(O)(c2ccccc2)CC1)c1ccc(Cl)c(Cl)c1)c1ccccc1. The van der Waals surface area contributed by atoms with Crippen molar-refractivity contribution in [2.75, 3.05) is 38.1 Å². The largest absolute Gasteiger partial charge is 0.391 e. The Morgan fingerprint density at radius 1 is 0.914 bits per heavy atom. The van der Waals surface area contributed by atoms with Crippen LogP contribution < -0.4 is 4.90 Å². The van der Waals surface area contributed by atoms with Crippen LogP contribution in [0.15, 0.2) is 78.9 Å². The van der Waals surface area contributed by atoms with Gasteiger partial charge in [-0.15, -0.1) is 0 Å². The molecule has 2 atom stereocenters. The van der Waals surface area contributed by atoms with E-state index in [-0.39, 0.29) is 5.92 Å². The number of benzene rings is 3. The molecule has 1 fully saturated rings. The molecule has 4 rings (SSSR count). The molecule has 0 radical (unpaired) electrons. The number of para-hydroxylation sites is 1. The number of likely N-dealkylation sites (N-methyl/N-ethyl adjacent to an activating group) is 1. The molecule has 3 aromatic rings. The van der Waals surface area contributed by atoms with Gasteiger partial charge in [0.1, 0.15) is 0 Å². The lowest BCUT2D eigenvalue weighted by Gasteiger charge is -2.39. The highest BCUT2D eigenvalue weighted by Crippen LogP contribution is 2.34. The Hall–Kier alpha value is -2.08. The molecule has 1 saturated heterocycles. The zero-order valence-electron chi connectivity index (χ0n) is 20.2. The van der Waals surface area contributed by atoms with Gasteiger partial charge in [-0.1, -0.05) is 77.8 Å². The number of rotatable bonds is 9. The molecule has 3 aromatic carbocycles. The molecule has 0 saturated carbocycles. The van der Waals surface area contributed by atoms with Gasteiger partial charge in [-0.25, -0.2) is 0 Å². The summed E-state index contributed by atoms with van der Waals surface area (Å²) in [7, 11) is 2.00. The first-order valence-corrected chi connectivity index (χ1v) is 13.0. The van der Waals surface area contributed by atoms with E-state index in [1.165, 1.54) is 0 Å². The third-order valence-electron chi connectivity index (χ3n) is 7.24. The Bertz CT molecular complexity index is 1070. The maximum Gasteiger partial charge on any atom is 0.0920 e. The number of anilines is 1. The van der Waals surface area contributed by atoms with Gasteiger partial charge in [0.05, 0.1) is 21.8 Å². The molecule has 35 heavy (non-hydrogen) atoms. The lowest BCUT2D eigenvalue weighted by molar-refractivity contribution is -0.0270. The summed E-state index contributed by atoms with van der Waals surface area (Å²) in [6.45, 7) is 2.98. The molecule has 1 aliphatic heterocycles. The van der Waals surface area contributed by atoms with Gasteiger partial charge in [-0.3, -0.25) is 0 Å². The predicted molar refractivity (Wildman–Crippen MR) is 146 cm³/mol. The van der Waals surface area contributed by atoms with E-state index < -0.39 is 11.7 Å². The summed E-state index contributed by atoms with van der Waals surface area (Å²) in [5, 5.41) is 23.5. The maximum atomic E-state index is 11.3. The van der Waals surface area contributed by atoms with Gasteiger partial charge in [0.25, 0.3) is 0 Å². The van der Waals surface area contributed by atoms with E-state index in [1.807, 2.05) is 79.8 Å². The average Bonchev–Trinajstić information content (AvgIpc) is 2.88. The summed E-state index contributed by atoms with van der Waals surface area (Å²) in [5.41, 5.74) is 2.29. The first-order chi connectivity index (χ1) is 16.9. The molecule has 1 aliphatic rings. The number of hydrogen-bond donors (Lipinski definition) is 2. The van der Waals surface area contributed by atoms with E-state index in [9.17, 15) is 10.2 Å². The summed E-state index contributed by atoms with van der Waals surface area (Å²) in [6.07, 6.45) is 1.61. The first kappa shape index (κ1) is 26.0. The predicted octanol–water partition coefficient (Wildman–Crippen LogP) is 5.95. The molecule has 4 nitrogen and oxygen atoms in total. The fourth-order valence-electron chi connectivity index (χ4n) is 5.03. The summed E-state index contributed by atoms with van der Waals surface area (Å²) in [6, 6.07) is 25.7. The van der Waals surface area contributed by atoms with Crippen molar-refractivity contribution in [3.8, 4) is 0 Å². The zero-order chi connectivity index (χ0) is 24.8. The van der Waals surface area contributed by atoms with Gasteiger partial charge in [-0.05, 0) is 61.2 Å². The number of likely N-dealkylation sites (tertiary alicyclic amines) is 1. The minimum absolute atomic E-state index is 0.0918. The van der Waals surface area contributed by atoms with Gasteiger partial charge >= 0.3 is 0 Å². The Morgan fingerprint density at radius 3 is 2.17 bits per heavy atom. The molecular weight excluding hydrogens is 479 g/mol. The second kappa shape index (κ2) is 11.8. The van der Waals surface area contributed by atoms with Crippen molar-refractivity contribution in [2.45, 2.75) is 36.9 Å². The van der Waals surface area contributed by atoms with Crippen molar-refractivity contribution in [3.63, 3.8) is 0 Å². The van der Waals surface area contributed by atoms with Gasteiger partial charge in [0.15, 0.2) is 0 Å². The molecule has 1 heterocycles. The minimum atomic E-state index is -0.765. The van der Waals surface area contributed by atoms with Crippen molar-refractivity contribution >= 4 is 28.9 Å². The van der Waals surface area contributed by atoms with Crippen LogP contribution >= 0.6 is 23.2 Å². The Labute approximate surface area is 218 Å². The van der Waals surface area contributed by atoms with Crippen molar-refractivity contribution in [1.82, 2.24) is 4.90 Å². The lowest BCUT2D eigenvalue weighted by Crippen LogP contribution is -2.43. The zero-order valence-corrected chi connectivity index (χ0v) is 21.7. The van der Waals surface area contributed by atoms with Crippen LogP contribution in [0.25, 0.3) is 0 Å². The van der Waals surface area contributed by atoms with Gasteiger partial charge in [0, 0.05) is 38.3 Å². The maximum absolute atomic E-state index is 11.3. The molecule has 0 spiro atoms. The fraction of sp³-hybridized carbons (Fsp3) is 0.379. The van der Waals surface area contributed by atoms with Crippen LogP contribution in [0, 0.1) is 0 Å². The summed E-state index contributed by atoms with van der Waals surface area (Å²) < 4.78 is 0. The number of aliphatic hydroxyl groups is 2. The molecule has 0 aliphatic carbocycles. The van der Waals surface area contributed by atoms with Crippen LogP contribution in [-0.2, 0) is 5.60 Å². The average molecular weight is 514 g/mol. The number of hydrogen-bond acceptors (Lipinski definition) is 4. The van der Waals surface area contributed by atoms with Crippen LogP contribution in [0.3, 0.4) is 0 Å². The normalized spacial score (nSPS) is 17.6. The number of piperidine rings is 1. The van der Waals surface area contributed by atoms with Gasteiger partial charge in [0.2, 0.25) is 0 Å². The highest BCUT2D eigenvalue weighted by atomic mass is 35.5. The second-order valence-electron chi connectivity index (χ2n) is 9.59. The molecule has 2 unspecified atom stereocenters. The topological polar surface area (TPSA) is 46.9 Å². The number of aliphatic hydroxyl groups excluding tert-OH is 1. The van der Waals surface area contributed by atoms with Crippen LogP contribution in [-0.4, -0.2) is 54.4 Å². The monoisotopic (exact) mass is 512 g/mol. The summed E-state index contributed by atoms with van der Waals surface area (Å²) in [5.74, 6) is -0.0918. The fourth-order valence-corrected chi connectivity index (χ4v) is 5.33. The van der Waals surface area contributed by atoms with E-state index in [0.29, 0.717) is 29.4 Å².